The number of hydrogen-bond acceptors (Lipinski definition) is 4. The topological polar surface area (TPSA) is 95.0 Å². The Morgan fingerprint density at radius 2 is 1.82 bits per heavy atom. The SMILES string of the molecule is O=C(O)C1CCN(CC2CCCN2C(=O)C(F)(F)F)S1(=O)=O. The third-order valence-corrected chi connectivity index (χ3v) is 6.14. The van der Waals surface area contributed by atoms with Crippen LogP contribution >= 0.6 is 0 Å². The van der Waals surface area contributed by atoms with E-state index in [4.69, 9.17) is 5.11 Å². The number of hydrogen-bond donors (Lipinski definition) is 1. The number of carboxylic acids is 1. The van der Waals surface area contributed by atoms with Gasteiger partial charge in [0.15, 0.2) is 5.25 Å². The average molecular weight is 344 g/mol. The molecular weight excluding hydrogens is 329 g/mol. The first-order chi connectivity index (χ1) is 10.0. The minimum absolute atomic E-state index is 0.0656. The number of carbonyl (C=O) groups excluding carboxylic acids is 1. The van der Waals surface area contributed by atoms with Crippen molar-refractivity contribution in [2.75, 3.05) is 19.6 Å². The monoisotopic (exact) mass is 344 g/mol. The van der Waals surface area contributed by atoms with Crippen LogP contribution in [0.3, 0.4) is 0 Å². The molecular formula is C11H15F3N2O5S. The van der Waals surface area contributed by atoms with Crippen LogP contribution in [0.4, 0.5) is 13.2 Å². The number of carbonyl (C=O) groups is 2. The molecule has 0 spiro atoms. The van der Waals surface area contributed by atoms with Gasteiger partial charge in [-0.2, -0.15) is 17.5 Å². The van der Waals surface area contributed by atoms with Gasteiger partial charge in [0.1, 0.15) is 0 Å². The second-order valence-electron chi connectivity index (χ2n) is 5.31. The van der Waals surface area contributed by atoms with E-state index in [9.17, 15) is 31.2 Å². The van der Waals surface area contributed by atoms with Crippen molar-refractivity contribution >= 4 is 21.9 Å². The molecule has 2 aliphatic rings. The summed E-state index contributed by atoms with van der Waals surface area (Å²) >= 11 is 0. The van der Waals surface area contributed by atoms with Crippen molar-refractivity contribution in [2.24, 2.45) is 0 Å². The van der Waals surface area contributed by atoms with E-state index in [2.05, 4.69) is 0 Å². The van der Waals surface area contributed by atoms with E-state index < -0.39 is 39.4 Å². The maximum atomic E-state index is 12.5. The highest BCUT2D eigenvalue weighted by Crippen LogP contribution is 2.29. The van der Waals surface area contributed by atoms with E-state index in [1.54, 1.807) is 0 Å². The molecule has 0 aromatic rings. The lowest BCUT2D eigenvalue weighted by molar-refractivity contribution is -0.186. The average Bonchev–Trinajstić information content (AvgIpc) is 2.93. The Bertz CT molecular complexity index is 577. The van der Waals surface area contributed by atoms with Crippen molar-refractivity contribution in [2.45, 2.75) is 36.7 Å². The molecule has 2 saturated heterocycles. The molecule has 2 aliphatic heterocycles. The first-order valence-electron chi connectivity index (χ1n) is 6.64. The highest BCUT2D eigenvalue weighted by Gasteiger charge is 2.49. The zero-order valence-corrected chi connectivity index (χ0v) is 12.2. The summed E-state index contributed by atoms with van der Waals surface area (Å²) in [5.74, 6) is -3.46. The van der Waals surface area contributed by atoms with Gasteiger partial charge in [0.2, 0.25) is 10.0 Å². The lowest BCUT2D eigenvalue weighted by Crippen LogP contribution is -2.48. The minimum Gasteiger partial charge on any atom is -0.480 e. The molecule has 1 amide bonds. The van der Waals surface area contributed by atoms with E-state index >= 15 is 0 Å². The van der Waals surface area contributed by atoms with Gasteiger partial charge >= 0.3 is 18.1 Å². The Morgan fingerprint density at radius 1 is 1.18 bits per heavy atom. The number of alkyl halides is 3. The highest BCUT2D eigenvalue weighted by atomic mass is 32.2. The first kappa shape index (κ1) is 17.0. The molecule has 11 heteroatoms. The van der Waals surface area contributed by atoms with E-state index in [1.165, 1.54) is 0 Å². The van der Waals surface area contributed by atoms with Crippen LogP contribution in [0.2, 0.25) is 0 Å². The Labute approximate surface area is 124 Å². The number of rotatable bonds is 3. The summed E-state index contributed by atoms with van der Waals surface area (Å²) in [7, 11) is -4.08. The van der Waals surface area contributed by atoms with Gasteiger partial charge in [0, 0.05) is 25.7 Å². The van der Waals surface area contributed by atoms with Crippen molar-refractivity contribution in [3.63, 3.8) is 0 Å². The van der Waals surface area contributed by atoms with Gasteiger partial charge in [0.05, 0.1) is 0 Å². The van der Waals surface area contributed by atoms with Crippen molar-refractivity contribution in [1.29, 1.82) is 0 Å². The maximum absolute atomic E-state index is 12.5. The number of amides is 1. The fraction of sp³-hybridized carbons (Fsp3) is 0.818. The fourth-order valence-electron chi connectivity index (χ4n) is 2.85. The van der Waals surface area contributed by atoms with E-state index in [-0.39, 0.29) is 32.5 Å². The van der Waals surface area contributed by atoms with Crippen LogP contribution in [0, 0.1) is 0 Å². The number of sulfonamides is 1. The largest absolute Gasteiger partial charge is 0.480 e. The van der Waals surface area contributed by atoms with E-state index in [1.807, 2.05) is 0 Å². The van der Waals surface area contributed by atoms with E-state index in [0.29, 0.717) is 11.3 Å². The molecule has 0 aromatic heterocycles. The molecule has 0 aromatic carbocycles. The third-order valence-electron chi connectivity index (χ3n) is 3.93. The fourth-order valence-corrected chi connectivity index (χ4v) is 4.61. The van der Waals surface area contributed by atoms with Crippen LogP contribution in [0.15, 0.2) is 0 Å². The highest BCUT2D eigenvalue weighted by molar-refractivity contribution is 7.90. The first-order valence-corrected chi connectivity index (χ1v) is 8.15. The molecule has 0 aliphatic carbocycles. The molecule has 2 rings (SSSR count). The van der Waals surface area contributed by atoms with Gasteiger partial charge in [-0.05, 0) is 19.3 Å². The Kier molecular flexibility index (Phi) is 4.39. The molecule has 1 N–H and O–H groups in total. The molecule has 126 valence electrons. The Hall–Kier alpha value is -1.36. The van der Waals surface area contributed by atoms with Crippen LogP contribution < -0.4 is 0 Å². The van der Waals surface area contributed by atoms with Gasteiger partial charge < -0.3 is 10.0 Å². The molecule has 2 atom stereocenters. The molecule has 2 unspecified atom stereocenters. The summed E-state index contributed by atoms with van der Waals surface area (Å²) in [5, 5.41) is 7.29. The Morgan fingerprint density at radius 3 is 2.32 bits per heavy atom. The quantitative estimate of drug-likeness (QED) is 0.779. The molecule has 22 heavy (non-hydrogen) atoms. The summed E-state index contributed by atoms with van der Waals surface area (Å²) in [4.78, 5) is 22.8. The number of aliphatic carboxylic acids is 1. The van der Waals surface area contributed by atoms with Crippen LogP contribution in [-0.4, -0.2) is 71.7 Å². The minimum atomic E-state index is -5.00. The lowest BCUT2D eigenvalue weighted by atomic mass is 10.2. The molecule has 0 radical (unpaired) electrons. The van der Waals surface area contributed by atoms with Crippen LogP contribution in [-0.2, 0) is 19.6 Å². The van der Waals surface area contributed by atoms with Gasteiger partial charge in [-0.15, -0.1) is 0 Å². The maximum Gasteiger partial charge on any atom is 0.471 e. The number of carboxylic acid groups (broad SMARTS) is 1. The smallest absolute Gasteiger partial charge is 0.471 e. The second kappa shape index (κ2) is 5.69. The molecule has 2 fully saturated rings. The second-order valence-corrected chi connectivity index (χ2v) is 7.43. The summed E-state index contributed by atoms with van der Waals surface area (Å²) in [6.07, 6.45) is -4.51. The van der Waals surface area contributed by atoms with Gasteiger partial charge in [-0.3, -0.25) is 9.59 Å². The molecule has 0 saturated carbocycles. The molecule has 2 heterocycles. The molecule has 0 bridgehead atoms. The predicted molar refractivity (Wildman–Crippen MR) is 67.3 cm³/mol. The van der Waals surface area contributed by atoms with Gasteiger partial charge in [0.25, 0.3) is 0 Å². The van der Waals surface area contributed by atoms with Crippen molar-refractivity contribution in [1.82, 2.24) is 9.21 Å². The van der Waals surface area contributed by atoms with E-state index in [0.717, 1.165) is 4.31 Å². The predicted octanol–water partition coefficient (Wildman–Crippen LogP) is 0.0284. The van der Waals surface area contributed by atoms with Crippen molar-refractivity contribution < 1.29 is 36.3 Å². The van der Waals surface area contributed by atoms with Crippen LogP contribution in [0.1, 0.15) is 19.3 Å². The summed E-state index contributed by atoms with van der Waals surface area (Å²) in [6, 6.07) is -0.878. The third kappa shape index (κ3) is 3.05. The normalized spacial score (nSPS) is 29.0. The van der Waals surface area contributed by atoms with Crippen LogP contribution in [0.5, 0.6) is 0 Å². The lowest BCUT2D eigenvalue weighted by Gasteiger charge is -2.28. The van der Waals surface area contributed by atoms with Crippen LogP contribution in [0.25, 0.3) is 0 Å². The standard InChI is InChI=1S/C11H15F3N2O5S/c12-11(13,14)10(19)16-4-1-2-7(16)6-15-5-3-8(9(17)18)22(15,20)21/h7-8H,1-6H2,(H,17,18). The number of likely N-dealkylation sites (tertiary alicyclic amines) is 1. The van der Waals surface area contributed by atoms with Crippen molar-refractivity contribution in [3.8, 4) is 0 Å². The van der Waals surface area contributed by atoms with Gasteiger partial charge in [-0.1, -0.05) is 0 Å². The van der Waals surface area contributed by atoms with Gasteiger partial charge in [-0.25, -0.2) is 8.42 Å². The van der Waals surface area contributed by atoms with Crippen molar-refractivity contribution in [3.05, 3.63) is 0 Å². The zero-order chi connectivity index (χ0) is 16.7. The summed E-state index contributed by atoms with van der Waals surface area (Å²) < 4.78 is 62.4. The Balaban J connectivity index is 2.11. The molecule has 7 nitrogen and oxygen atoms in total. The number of nitrogens with zero attached hydrogens (tertiary/aromatic N) is 2. The summed E-state index contributed by atoms with van der Waals surface area (Å²) in [5.41, 5.74) is 0. The summed E-state index contributed by atoms with van der Waals surface area (Å²) in [6.45, 7) is -0.447. The zero-order valence-electron chi connectivity index (χ0n) is 11.4. The number of halogens is 3.